The van der Waals surface area contributed by atoms with Gasteiger partial charge >= 0.3 is 0 Å². The number of fused-ring (bicyclic) bond motifs is 1. The number of aryl methyl sites for hydroxylation is 1. The van der Waals surface area contributed by atoms with Crippen LogP contribution in [0.1, 0.15) is 24.8 Å². The Labute approximate surface area is 174 Å². The summed E-state index contributed by atoms with van der Waals surface area (Å²) in [5.41, 5.74) is 1.05. The summed E-state index contributed by atoms with van der Waals surface area (Å²) in [5.74, 6) is 1.05. The third kappa shape index (κ3) is 3.96. The maximum absolute atomic E-state index is 12.8. The van der Waals surface area contributed by atoms with Crippen LogP contribution in [0.15, 0.2) is 36.4 Å². The molecule has 2 saturated heterocycles. The fourth-order valence-electron chi connectivity index (χ4n) is 4.25. The second kappa shape index (κ2) is 8.45. The van der Waals surface area contributed by atoms with E-state index in [2.05, 4.69) is 12.1 Å². The normalized spacial score (nSPS) is 18.0. The minimum atomic E-state index is -0.150. The lowest BCUT2D eigenvalue weighted by atomic mass is 9.98. The van der Waals surface area contributed by atoms with E-state index in [9.17, 15) is 14.4 Å². The van der Waals surface area contributed by atoms with Crippen LogP contribution < -0.4 is 4.74 Å². The Morgan fingerprint density at radius 1 is 1.14 bits per heavy atom. The minimum absolute atomic E-state index is 0.0767. The van der Waals surface area contributed by atoms with E-state index < -0.39 is 0 Å². The number of amides is 3. The summed E-state index contributed by atoms with van der Waals surface area (Å²) in [4.78, 5) is 39.9. The first-order valence-corrected chi connectivity index (χ1v) is 10.9. The molecule has 7 heteroatoms. The van der Waals surface area contributed by atoms with E-state index in [1.54, 1.807) is 7.11 Å². The number of thioether (sulfide) groups is 1. The number of piperidine rings is 1. The molecule has 0 atom stereocenters. The van der Waals surface area contributed by atoms with Crippen LogP contribution >= 0.6 is 11.8 Å². The van der Waals surface area contributed by atoms with Crippen LogP contribution in [0.5, 0.6) is 5.75 Å². The number of hydrogen-bond acceptors (Lipinski definition) is 5. The Bertz CT molecular complexity index is 937. The predicted octanol–water partition coefficient (Wildman–Crippen LogP) is 3.47. The van der Waals surface area contributed by atoms with Crippen LogP contribution in [0, 0.1) is 0 Å². The van der Waals surface area contributed by atoms with Gasteiger partial charge in [-0.2, -0.15) is 0 Å². The fraction of sp³-hybridized carbons (Fsp3) is 0.409. The highest BCUT2D eigenvalue weighted by Crippen LogP contribution is 2.30. The van der Waals surface area contributed by atoms with Crippen molar-refractivity contribution in [2.45, 2.75) is 31.7 Å². The van der Waals surface area contributed by atoms with Gasteiger partial charge in [-0.05, 0) is 36.1 Å². The fourth-order valence-corrected chi connectivity index (χ4v) is 5.02. The zero-order valence-electron chi connectivity index (χ0n) is 16.4. The Hall–Kier alpha value is -2.54. The smallest absolute Gasteiger partial charge is 0.289 e. The van der Waals surface area contributed by atoms with E-state index in [0.29, 0.717) is 38.8 Å². The molecule has 0 aliphatic carbocycles. The summed E-state index contributed by atoms with van der Waals surface area (Å²) in [6.45, 7) is 1.16. The molecule has 0 bridgehead atoms. The van der Waals surface area contributed by atoms with Gasteiger partial charge in [0.15, 0.2) is 0 Å². The van der Waals surface area contributed by atoms with E-state index >= 15 is 0 Å². The summed E-state index contributed by atoms with van der Waals surface area (Å²) in [6.07, 6.45) is 2.33. The van der Waals surface area contributed by atoms with Crippen molar-refractivity contribution in [2.75, 3.05) is 26.0 Å². The van der Waals surface area contributed by atoms with Crippen LogP contribution in [0.2, 0.25) is 0 Å². The van der Waals surface area contributed by atoms with Crippen molar-refractivity contribution in [2.24, 2.45) is 0 Å². The van der Waals surface area contributed by atoms with Gasteiger partial charge in [0.1, 0.15) is 5.75 Å². The molecular weight excluding hydrogens is 388 g/mol. The number of likely N-dealkylation sites (tertiary alicyclic amines) is 1. The molecule has 2 aliphatic rings. The molecule has 29 heavy (non-hydrogen) atoms. The number of benzene rings is 2. The van der Waals surface area contributed by atoms with Gasteiger partial charge in [-0.3, -0.25) is 19.3 Å². The molecule has 152 valence electrons. The van der Waals surface area contributed by atoms with Gasteiger partial charge < -0.3 is 9.64 Å². The van der Waals surface area contributed by atoms with E-state index in [0.717, 1.165) is 33.8 Å². The van der Waals surface area contributed by atoms with Gasteiger partial charge in [-0.1, -0.05) is 42.1 Å². The van der Waals surface area contributed by atoms with Gasteiger partial charge in [0, 0.05) is 31.1 Å². The molecule has 2 aromatic carbocycles. The number of carbonyl (C=O) groups is 3. The first-order valence-electron chi connectivity index (χ1n) is 9.89. The third-order valence-electron chi connectivity index (χ3n) is 5.77. The van der Waals surface area contributed by atoms with Crippen LogP contribution in [-0.2, 0) is 16.0 Å². The predicted molar refractivity (Wildman–Crippen MR) is 113 cm³/mol. The lowest BCUT2D eigenvalue weighted by molar-refractivity contribution is -0.133. The van der Waals surface area contributed by atoms with Gasteiger partial charge in [0.25, 0.3) is 5.24 Å². The molecule has 2 fully saturated rings. The number of hydrogen-bond donors (Lipinski definition) is 0. The van der Waals surface area contributed by atoms with E-state index in [-0.39, 0.29) is 28.8 Å². The molecule has 0 N–H and O–H groups in total. The zero-order valence-corrected chi connectivity index (χ0v) is 17.2. The summed E-state index contributed by atoms with van der Waals surface area (Å²) in [5, 5.41) is 2.10. The topological polar surface area (TPSA) is 66.9 Å². The average Bonchev–Trinajstić information content (AvgIpc) is 3.09. The van der Waals surface area contributed by atoms with E-state index in [1.165, 1.54) is 4.90 Å². The lowest BCUT2D eigenvalue weighted by Gasteiger charge is -2.35. The molecule has 2 aromatic rings. The molecule has 4 rings (SSSR count). The zero-order chi connectivity index (χ0) is 20.4. The summed E-state index contributed by atoms with van der Waals surface area (Å²) in [7, 11) is 1.65. The quantitative estimate of drug-likeness (QED) is 0.752. The first kappa shape index (κ1) is 19.8. The number of carbonyl (C=O) groups excluding carboxylic acids is 3. The second-order valence-electron chi connectivity index (χ2n) is 7.40. The standard InChI is InChI=1S/C22H24N2O4S/c1-28-19-8-6-15-4-2-3-5-17(15)18(19)7-9-20(25)23-12-10-16(11-13-23)24-21(26)14-29-22(24)27/h2-6,8,16H,7,9-14H2,1H3. The minimum Gasteiger partial charge on any atom is -0.496 e. The molecule has 2 heterocycles. The van der Waals surface area contributed by atoms with Gasteiger partial charge in [-0.25, -0.2) is 0 Å². The maximum Gasteiger partial charge on any atom is 0.289 e. The first-order chi connectivity index (χ1) is 14.1. The van der Waals surface area contributed by atoms with Gasteiger partial charge in [0.2, 0.25) is 11.8 Å². The van der Waals surface area contributed by atoms with Crippen LogP contribution in [0.25, 0.3) is 10.8 Å². The second-order valence-corrected chi connectivity index (χ2v) is 8.32. The van der Waals surface area contributed by atoms with Crippen molar-refractivity contribution in [3.05, 3.63) is 42.0 Å². The van der Waals surface area contributed by atoms with Crippen molar-refractivity contribution >= 4 is 39.6 Å². The number of ether oxygens (including phenoxy) is 1. The molecule has 0 unspecified atom stereocenters. The van der Waals surface area contributed by atoms with Crippen LogP contribution in [0.4, 0.5) is 4.79 Å². The Kier molecular flexibility index (Phi) is 5.76. The number of nitrogens with zero attached hydrogens (tertiary/aromatic N) is 2. The molecule has 0 aromatic heterocycles. The van der Waals surface area contributed by atoms with Crippen molar-refractivity contribution < 1.29 is 19.1 Å². The summed E-state index contributed by atoms with van der Waals surface area (Å²) < 4.78 is 5.53. The average molecular weight is 413 g/mol. The lowest BCUT2D eigenvalue weighted by Crippen LogP contribution is -2.48. The molecule has 3 amide bonds. The van der Waals surface area contributed by atoms with Gasteiger partial charge in [0.05, 0.1) is 12.9 Å². The molecule has 0 radical (unpaired) electrons. The van der Waals surface area contributed by atoms with Crippen molar-refractivity contribution in [3.63, 3.8) is 0 Å². The summed E-state index contributed by atoms with van der Waals surface area (Å²) >= 11 is 1.07. The highest BCUT2D eigenvalue weighted by Gasteiger charge is 2.37. The number of methoxy groups -OCH3 is 1. The Morgan fingerprint density at radius 3 is 2.59 bits per heavy atom. The van der Waals surface area contributed by atoms with Gasteiger partial charge in [-0.15, -0.1) is 0 Å². The number of imide groups is 1. The summed E-state index contributed by atoms with van der Waals surface area (Å²) in [6, 6.07) is 12.0. The molecule has 6 nitrogen and oxygen atoms in total. The van der Waals surface area contributed by atoms with Crippen LogP contribution in [-0.4, -0.2) is 58.8 Å². The molecular formula is C22H24N2O4S. The Morgan fingerprint density at radius 2 is 1.90 bits per heavy atom. The van der Waals surface area contributed by atoms with Crippen LogP contribution in [0.3, 0.4) is 0 Å². The Balaban J connectivity index is 1.38. The highest BCUT2D eigenvalue weighted by atomic mass is 32.2. The van der Waals surface area contributed by atoms with Crippen molar-refractivity contribution in [1.82, 2.24) is 9.80 Å². The van der Waals surface area contributed by atoms with Crippen molar-refractivity contribution in [3.8, 4) is 5.75 Å². The molecule has 2 aliphatic heterocycles. The SMILES string of the molecule is COc1ccc2ccccc2c1CCC(=O)N1CCC(N2C(=O)CSC2=O)CC1. The monoisotopic (exact) mass is 412 g/mol. The largest absolute Gasteiger partial charge is 0.496 e. The third-order valence-corrected chi connectivity index (χ3v) is 6.61. The molecule has 0 spiro atoms. The van der Waals surface area contributed by atoms with E-state index in [1.807, 2.05) is 29.2 Å². The maximum atomic E-state index is 12.8. The van der Waals surface area contributed by atoms with E-state index in [4.69, 9.17) is 4.74 Å². The molecule has 0 saturated carbocycles. The van der Waals surface area contributed by atoms with Crippen molar-refractivity contribution in [1.29, 1.82) is 0 Å². The highest BCUT2D eigenvalue weighted by molar-refractivity contribution is 8.14. The number of rotatable bonds is 5.